The SMILES string of the molecule is COc1cc(F)ccc1CN1CCC[C@@H](N2CCN(c3ccc(F)cc3)CC2)C1. The highest BCUT2D eigenvalue weighted by Gasteiger charge is 2.28. The molecule has 6 heteroatoms. The number of piperidine rings is 1. The van der Waals surface area contributed by atoms with Gasteiger partial charge in [-0.1, -0.05) is 6.07 Å². The van der Waals surface area contributed by atoms with E-state index in [0.29, 0.717) is 11.8 Å². The molecule has 156 valence electrons. The lowest BCUT2D eigenvalue weighted by atomic mass is 10.0. The molecule has 0 aromatic heterocycles. The molecule has 0 radical (unpaired) electrons. The Kier molecular flexibility index (Phi) is 6.31. The Morgan fingerprint density at radius 2 is 1.66 bits per heavy atom. The normalized spacial score (nSPS) is 21.3. The highest BCUT2D eigenvalue weighted by molar-refractivity contribution is 5.46. The lowest BCUT2D eigenvalue weighted by molar-refractivity contribution is 0.0883. The molecule has 0 saturated carbocycles. The van der Waals surface area contributed by atoms with E-state index < -0.39 is 0 Å². The average Bonchev–Trinajstić information content (AvgIpc) is 2.76. The molecule has 1 atom stereocenters. The maximum absolute atomic E-state index is 13.5. The van der Waals surface area contributed by atoms with Gasteiger partial charge < -0.3 is 9.64 Å². The smallest absolute Gasteiger partial charge is 0.126 e. The van der Waals surface area contributed by atoms with Crippen LogP contribution >= 0.6 is 0 Å². The summed E-state index contributed by atoms with van der Waals surface area (Å²) in [5.74, 6) is 0.175. The maximum atomic E-state index is 13.5. The standard InChI is InChI=1S/C23H29F2N3O/c1-29-23-15-20(25)5-4-18(23)16-26-10-2-3-22(17-26)28-13-11-27(12-14-28)21-8-6-19(24)7-9-21/h4-9,15,22H,2-3,10-14,16-17H2,1H3/t22-/m1/s1. The second kappa shape index (κ2) is 9.09. The Morgan fingerprint density at radius 1 is 0.931 bits per heavy atom. The Bertz CT molecular complexity index is 806. The van der Waals surface area contributed by atoms with Crippen LogP contribution in [0.4, 0.5) is 14.5 Å². The third kappa shape index (κ3) is 4.87. The van der Waals surface area contributed by atoms with Crippen molar-refractivity contribution in [2.45, 2.75) is 25.4 Å². The van der Waals surface area contributed by atoms with Gasteiger partial charge in [0.05, 0.1) is 7.11 Å². The maximum Gasteiger partial charge on any atom is 0.126 e. The van der Waals surface area contributed by atoms with E-state index in [0.717, 1.165) is 57.1 Å². The number of hydrogen-bond acceptors (Lipinski definition) is 4. The molecule has 0 amide bonds. The van der Waals surface area contributed by atoms with Crippen molar-refractivity contribution >= 4 is 5.69 Å². The van der Waals surface area contributed by atoms with E-state index in [1.165, 1.54) is 37.1 Å². The van der Waals surface area contributed by atoms with Gasteiger partial charge in [0.25, 0.3) is 0 Å². The number of piperazine rings is 1. The van der Waals surface area contributed by atoms with Crippen LogP contribution in [0.25, 0.3) is 0 Å². The number of benzene rings is 2. The van der Waals surface area contributed by atoms with Crippen molar-refractivity contribution in [3.05, 3.63) is 59.7 Å². The quantitative estimate of drug-likeness (QED) is 0.759. The van der Waals surface area contributed by atoms with E-state index in [1.807, 2.05) is 18.2 Å². The van der Waals surface area contributed by atoms with Gasteiger partial charge >= 0.3 is 0 Å². The first kappa shape index (κ1) is 20.1. The molecule has 2 aromatic carbocycles. The highest BCUT2D eigenvalue weighted by atomic mass is 19.1. The van der Waals surface area contributed by atoms with Gasteiger partial charge in [-0.15, -0.1) is 0 Å². The zero-order valence-electron chi connectivity index (χ0n) is 17.0. The molecule has 4 rings (SSSR count). The fraction of sp³-hybridized carbons (Fsp3) is 0.478. The molecule has 0 N–H and O–H groups in total. The van der Waals surface area contributed by atoms with Crippen LogP contribution in [-0.4, -0.2) is 62.2 Å². The zero-order valence-corrected chi connectivity index (χ0v) is 17.0. The van der Waals surface area contributed by atoms with Crippen molar-refractivity contribution in [2.75, 3.05) is 51.3 Å². The molecule has 29 heavy (non-hydrogen) atoms. The van der Waals surface area contributed by atoms with Crippen molar-refractivity contribution in [3.63, 3.8) is 0 Å². The molecule has 2 aromatic rings. The average molecular weight is 402 g/mol. The van der Waals surface area contributed by atoms with Crippen LogP contribution in [0.15, 0.2) is 42.5 Å². The van der Waals surface area contributed by atoms with Gasteiger partial charge in [-0.25, -0.2) is 8.78 Å². The van der Waals surface area contributed by atoms with Crippen LogP contribution in [0.3, 0.4) is 0 Å². The number of anilines is 1. The lowest BCUT2D eigenvalue weighted by Crippen LogP contribution is -2.55. The summed E-state index contributed by atoms with van der Waals surface area (Å²) in [6.07, 6.45) is 2.39. The van der Waals surface area contributed by atoms with E-state index in [2.05, 4.69) is 14.7 Å². The Morgan fingerprint density at radius 3 is 2.38 bits per heavy atom. The van der Waals surface area contributed by atoms with Crippen molar-refractivity contribution in [3.8, 4) is 5.75 Å². The van der Waals surface area contributed by atoms with Gasteiger partial charge in [-0.3, -0.25) is 9.80 Å². The number of nitrogens with zero attached hydrogens (tertiary/aromatic N) is 3. The molecule has 2 aliphatic rings. The first-order valence-electron chi connectivity index (χ1n) is 10.4. The Balaban J connectivity index is 1.33. The van der Waals surface area contributed by atoms with Gasteiger partial charge in [0.1, 0.15) is 17.4 Å². The molecule has 4 nitrogen and oxygen atoms in total. The lowest BCUT2D eigenvalue weighted by Gasteiger charge is -2.44. The van der Waals surface area contributed by atoms with Crippen molar-refractivity contribution in [1.82, 2.24) is 9.80 Å². The van der Waals surface area contributed by atoms with E-state index >= 15 is 0 Å². The number of hydrogen-bond donors (Lipinski definition) is 0. The number of likely N-dealkylation sites (tertiary alicyclic amines) is 1. The number of ether oxygens (including phenoxy) is 1. The number of rotatable bonds is 5. The van der Waals surface area contributed by atoms with Crippen LogP contribution in [-0.2, 0) is 6.54 Å². The van der Waals surface area contributed by atoms with Gasteiger partial charge in [0.15, 0.2) is 0 Å². The first-order chi connectivity index (χ1) is 14.1. The van der Waals surface area contributed by atoms with Crippen LogP contribution in [0.1, 0.15) is 18.4 Å². The summed E-state index contributed by atoms with van der Waals surface area (Å²) in [6, 6.07) is 12.1. The monoisotopic (exact) mass is 401 g/mol. The molecular formula is C23H29F2N3O. The van der Waals surface area contributed by atoms with Crippen molar-refractivity contribution in [1.29, 1.82) is 0 Å². The molecule has 2 saturated heterocycles. The van der Waals surface area contributed by atoms with Gasteiger partial charge in [-0.05, 0) is 49.7 Å². The third-order valence-corrected chi connectivity index (χ3v) is 6.15. The van der Waals surface area contributed by atoms with E-state index in [-0.39, 0.29) is 11.6 Å². The molecule has 0 bridgehead atoms. The summed E-state index contributed by atoms with van der Waals surface area (Å²) < 4.78 is 32.0. The molecule has 2 aliphatic heterocycles. The molecule has 2 fully saturated rings. The molecule has 0 unspecified atom stereocenters. The second-order valence-corrected chi connectivity index (χ2v) is 7.99. The fourth-order valence-electron chi connectivity index (χ4n) is 4.56. The molecule has 2 heterocycles. The minimum absolute atomic E-state index is 0.188. The Labute approximate surface area is 171 Å². The fourth-order valence-corrected chi connectivity index (χ4v) is 4.56. The predicted octanol–water partition coefficient (Wildman–Crippen LogP) is 3.76. The minimum atomic E-state index is -0.263. The van der Waals surface area contributed by atoms with Crippen LogP contribution in [0, 0.1) is 11.6 Å². The summed E-state index contributed by atoms with van der Waals surface area (Å²) in [7, 11) is 1.60. The van der Waals surface area contributed by atoms with Crippen LogP contribution < -0.4 is 9.64 Å². The summed E-state index contributed by atoms with van der Waals surface area (Å²) in [6.45, 7) is 6.85. The largest absolute Gasteiger partial charge is 0.496 e. The zero-order chi connectivity index (χ0) is 20.2. The summed E-state index contributed by atoms with van der Waals surface area (Å²) in [5.41, 5.74) is 2.13. The summed E-state index contributed by atoms with van der Waals surface area (Å²) in [5, 5.41) is 0. The van der Waals surface area contributed by atoms with Gasteiger partial charge in [-0.2, -0.15) is 0 Å². The topological polar surface area (TPSA) is 19.0 Å². The summed E-state index contributed by atoms with van der Waals surface area (Å²) >= 11 is 0. The molecule has 0 spiro atoms. The minimum Gasteiger partial charge on any atom is -0.496 e. The van der Waals surface area contributed by atoms with Crippen molar-refractivity contribution < 1.29 is 13.5 Å². The number of halogens is 2. The van der Waals surface area contributed by atoms with Crippen LogP contribution in [0.2, 0.25) is 0 Å². The third-order valence-electron chi connectivity index (χ3n) is 6.15. The summed E-state index contributed by atoms with van der Waals surface area (Å²) in [4.78, 5) is 7.38. The van der Waals surface area contributed by atoms with Crippen molar-refractivity contribution in [2.24, 2.45) is 0 Å². The Hall–Kier alpha value is -2.18. The van der Waals surface area contributed by atoms with Crippen LogP contribution in [0.5, 0.6) is 5.75 Å². The van der Waals surface area contributed by atoms with Gasteiger partial charge in [0.2, 0.25) is 0 Å². The van der Waals surface area contributed by atoms with E-state index in [9.17, 15) is 8.78 Å². The van der Waals surface area contributed by atoms with E-state index in [1.54, 1.807) is 7.11 Å². The second-order valence-electron chi connectivity index (χ2n) is 7.99. The highest BCUT2D eigenvalue weighted by Crippen LogP contribution is 2.25. The molecular weight excluding hydrogens is 372 g/mol. The van der Waals surface area contributed by atoms with Gasteiger partial charge in [0, 0.05) is 62.6 Å². The molecule has 0 aliphatic carbocycles. The van der Waals surface area contributed by atoms with E-state index in [4.69, 9.17) is 4.74 Å². The first-order valence-corrected chi connectivity index (χ1v) is 10.4. The predicted molar refractivity (Wildman–Crippen MR) is 111 cm³/mol. The number of methoxy groups -OCH3 is 1.